The molecule has 0 spiro atoms. The van der Waals surface area contributed by atoms with E-state index in [1.807, 2.05) is 35.0 Å². The molecule has 3 N–H and O–H groups in total. The molecule has 0 radical (unpaired) electrons. The molecule has 16 heteroatoms. The molecule has 1 amide bonds. The lowest BCUT2D eigenvalue weighted by Gasteiger charge is -2.29. The Labute approximate surface area is 296 Å². The number of fused-ring (bicyclic) bond motifs is 4. The molecule has 5 heterocycles. The van der Waals surface area contributed by atoms with E-state index in [1.54, 1.807) is 29.3 Å². The molecule has 3 aromatic heterocycles. The fourth-order valence-corrected chi connectivity index (χ4v) is 8.19. The Morgan fingerprint density at radius 1 is 1.10 bits per heavy atom. The second-order valence-corrected chi connectivity index (χ2v) is 13.9. The molecule has 248 valence electrons. The second-order valence-electron chi connectivity index (χ2n) is 11.3. The van der Waals surface area contributed by atoms with Gasteiger partial charge in [-0.05, 0) is 42.3 Å². The molecular weight excluding hydrogens is 713 g/mol. The van der Waals surface area contributed by atoms with Gasteiger partial charge in [0.2, 0.25) is 0 Å². The molecule has 49 heavy (non-hydrogen) atoms. The molecule has 1 saturated heterocycles. The van der Waals surface area contributed by atoms with Crippen LogP contribution in [0.4, 0.5) is 26.0 Å². The Morgan fingerprint density at radius 2 is 1.96 bits per heavy atom. The van der Waals surface area contributed by atoms with Gasteiger partial charge in [0.15, 0.2) is 21.6 Å². The van der Waals surface area contributed by atoms with Crippen LogP contribution >= 0.6 is 46.5 Å². The van der Waals surface area contributed by atoms with E-state index in [2.05, 4.69) is 24.9 Å². The van der Waals surface area contributed by atoms with Crippen molar-refractivity contribution in [2.45, 2.75) is 17.4 Å². The van der Waals surface area contributed by atoms with Crippen molar-refractivity contribution < 1.29 is 18.7 Å². The van der Waals surface area contributed by atoms with Gasteiger partial charge in [0.25, 0.3) is 5.91 Å². The number of aliphatic hydroxyl groups excluding tert-OH is 1. The van der Waals surface area contributed by atoms with Crippen LogP contribution in [-0.4, -0.2) is 66.1 Å². The van der Waals surface area contributed by atoms with Gasteiger partial charge >= 0.3 is 0 Å². The molecule has 10 nitrogen and oxygen atoms in total. The number of nitrogens with zero attached hydrogens (tertiary/aromatic N) is 6. The number of carbonyl (C=O) groups is 1. The topological polar surface area (TPSA) is 111 Å². The molecule has 1 atom stereocenters. The lowest BCUT2D eigenvalue weighted by molar-refractivity contribution is 0.0766. The van der Waals surface area contributed by atoms with Gasteiger partial charge in [-0.15, -0.1) is 0 Å². The highest BCUT2D eigenvalue weighted by molar-refractivity contribution is 8.00. The van der Waals surface area contributed by atoms with Gasteiger partial charge in [0.05, 0.1) is 39.5 Å². The maximum absolute atomic E-state index is 15.7. The summed E-state index contributed by atoms with van der Waals surface area (Å²) in [5.74, 6) is -1.73. The van der Waals surface area contributed by atoms with E-state index in [9.17, 15) is 9.90 Å². The van der Waals surface area contributed by atoms with E-state index in [0.717, 1.165) is 41.0 Å². The summed E-state index contributed by atoms with van der Waals surface area (Å²) < 4.78 is 35.5. The van der Waals surface area contributed by atoms with E-state index in [4.69, 9.17) is 28.2 Å². The summed E-state index contributed by atoms with van der Waals surface area (Å²) in [5.41, 5.74) is 2.20. The highest BCUT2D eigenvalue weighted by Crippen LogP contribution is 2.39. The smallest absolute Gasteiger partial charge is 0.260 e. The molecule has 1 unspecified atom stereocenters. The lowest BCUT2D eigenvalue weighted by Crippen LogP contribution is -2.40. The minimum absolute atomic E-state index is 0.00486. The van der Waals surface area contributed by atoms with Crippen LogP contribution < -0.4 is 10.0 Å². The zero-order valence-electron chi connectivity index (χ0n) is 25.2. The van der Waals surface area contributed by atoms with Gasteiger partial charge in [0, 0.05) is 47.9 Å². The minimum atomic E-state index is -0.877. The van der Waals surface area contributed by atoms with Crippen LogP contribution in [0.25, 0.3) is 26.4 Å². The van der Waals surface area contributed by atoms with E-state index >= 15 is 8.78 Å². The van der Waals surface area contributed by atoms with Gasteiger partial charge in [-0.3, -0.25) is 9.36 Å². The Hall–Kier alpha value is -4.47. The van der Waals surface area contributed by atoms with Crippen LogP contribution in [0.15, 0.2) is 83.9 Å². The standard InChI is InChI=1S/C33H24Cl2F2N8O2S2/c34-21-5-3-7-25(26(21)35)49-42-23-9-8-22(36)28(27(23)37)40-30-29-31(39-16-38-30)48-33(41-29)45-15-20(19-4-1-2-6-24(19)45)32(47)44-14-17-12-18(44)13-43(17)10-11-46/h1-9,14-16,18,42,46H,10-13H2,(H,38,39,40). The maximum Gasteiger partial charge on any atom is 0.260 e. The summed E-state index contributed by atoms with van der Waals surface area (Å²) in [5, 5.41) is 14.1. The predicted molar refractivity (Wildman–Crippen MR) is 189 cm³/mol. The van der Waals surface area contributed by atoms with Crippen LogP contribution in [0, 0.1) is 11.6 Å². The van der Waals surface area contributed by atoms with Gasteiger partial charge < -0.3 is 24.9 Å². The van der Waals surface area contributed by atoms with Crippen LogP contribution in [0.2, 0.25) is 10.0 Å². The van der Waals surface area contributed by atoms with E-state index in [1.165, 1.54) is 23.7 Å². The predicted octanol–water partition coefficient (Wildman–Crippen LogP) is 7.84. The largest absolute Gasteiger partial charge is 0.395 e. The lowest BCUT2D eigenvalue weighted by atomic mass is 10.1. The van der Waals surface area contributed by atoms with Crippen molar-refractivity contribution >= 4 is 90.8 Å². The third-order valence-corrected chi connectivity index (χ3v) is 11.2. The molecule has 8 rings (SSSR count). The number of aliphatic hydroxyl groups is 1. The first-order valence-corrected chi connectivity index (χ1v) is 17.4. The number of benzene rings is 3. The number of thiazole rings is 1. The van der Waals surface area contributed by atoms with Crippen molar-refractivity contribution in [3.05, 3.63) is 106 Å². The van der Waals surface area contributed by atoms with Gasteiger partial charge in [-0.25, -0.2) is 23.7 Å². The summed E-state index contributed by atoms with van der Waals surface area (Å²) in [6.07, 6.45) is 5.68. The number of para-hydroxylation sites is 1. The summed E-state index contributed by atoms with van der Waals surface area (Å²) >= 11 is 14.6. The third kappa shape index (κ3) is 5.63. The van der Waals surface area contributed by atoms with Crippen molar-refractivity contribution in [3.63, 3.8) is 0 Å². The molecule has 0 saturated carbocycles. The van der Waals surface area contributed by atoms with E-state index < -0.39 is 17.3 Å². The van der Waals surface area contributed by atoms with Gasteiger partial charge in [-0.2, -0.15) is 0 Å². The number of β-amino-alcohol motifs (C(OH)–C–C–N with tert-alkyl or cyclic N) is 1. The summed E-state index contributed by atoms with van der Waals surface area (Å²) in [4.78, 5) is 32.2. The molecule has 0 aliphatic carbocycles. The number of amides is 1. The average Bonchev–Trinajstić information content (AvgIpc) is 3.90. The highest BCUT2D eigenvalue weighted by atomic mass is 35.5. The quantitative estimate of drug-likeness (QED) is 0.128. The Bertz CT molecular complexity index is 2320. The number of halogens is 4. The SMILES string of the molecule is O=C(c1cn(-c2nc3c(Nc4c(F)ccc(NSc5cccc(Cl)c5Cl)c4F)ncnc3s2)c2ccccc12)N1C=C2CC1CN2CCO. The van der Waals surface area contributed by atoms with Gasteiger partial charge in [0.1, 0.15) is 23.3 Å². The Morgan fingerprint density at radius 3 is 2.78 bits per heavy atom. The van der Waals surface area contributed by atoms with Crippen LogP contribution in [-0.2, 0) is 0 Å². The zero-order chi connectivity index (χ0) is 33.8. The number of likely N-dealkylation sites (tertiary alicyclic amines) is 1. The average molecular weight is 738 g/mol. The van der Waals surface area contributed by atoms with Crippen molar-refractivity contribution in [3.8, 4) is 5.13 Å². The second kappa shape index (κ2) is 12.8. The van der Waals surface area contributed by atoms with Crippen molar-refractivity contribution in [1.29, 1.82) is 0 Å². The molecule has 2 aliphatic rings. The highest BCUT2D eigenvalue weighted by Gasteiger charge is 2.39. The van der Waals surface area contributed by atoms with Crippen LogP contribution in [0.5, 0.6) is 0 Å². The summed E-state index contributed by atoms with van der Waals surface area (Å²) in [6, 6.07) is 15.0. The molecule has 6 aromatic rings. The zero-order valence-corrected chi connectivity index (χ0v) is 28.3. The van der Waals surface area contributed by atoms with Crippen molar-refractivity contribution in [1.82, 2.24) is 29.3 Å². The van der Waals surface area contributed by atoms with E-state index in [-0.39, 0.29) is 30.1 Å². The fourth-order valence-electron chi connectivity index (χ4n) is 6.10. The number of anilines is 3. The van der Waals surface area contributed by atoms with Crippen LogP contribution in [0.3, 0.4) is 0 Å². The fraction of sp³-hybridized carbons (Fsp3) is 0.152. The number of carbonyl (C=O) groups excluding carboxylic acids is 1. The number of hydrogen-bond acceptors (Lipinski definition) is 10. The number of hydrogen-bond donors (Lipinski definition) is 3. The molecule has 2 bridgehead atoms. The number of rotatable bonds is 9. The Balaban J connectivity index is 1.10. The molecule has 1 fully saturated rings. The van der Waals surface area contributed by atoms with Crippen molar-refractivity contribution in [2.24, 2.45) is 0 Å². The monoisotopic (exact) mass is 736 g/mol. The minimum Gasteiger partial charge on any atom is -0.395 e. The van der Waals surface area contributed by atoms with Gasteiger partial charge in [-0.1, -0.05) is 58.8 Å². The third-order valence-electron chi connectivity index (χ3n) is 8.42. The summed E-state index contributed by atoms with van der Waals surface area (Å²) in [6.45, 7) is 1.28. The first-order chi connectivity index (χ1) is 23.8. The van der Waals surface area contributed by atoms with Crippen LogP contribution in [0.1, 0.15) is 16.8 Å². The van der Waals surface area contributed by atoms with Crippen molar-refractivity contribution in [2.75, 3.05) is 29.7 Å². The Kier molecular flexibility index (Phi) is 8.28. The maximum atomic E-state index is 15.7. The first kappa shape index (κ1) is 31.8. The number of nitrogens with one attached hydrogen (secondary N) is 2. The van der Waals surface area contributed by atoms with E-state index in [0.29, 0.717) is 49.1 Å². The number of aromatic nitrogens is 4. The molecular formula is C33H24Cl2F2N8O2S2. The molecule has 3 aromatic carbocycles. The molecule has 2 aliphatic heterocycles. The summed E-state index contributed by atoms with van der Waals surface area (Å²) in [7, 11) is 0. The normalized spacial score (nSPS) is 15.4. The first-order valence-electron chi connectivity index (χ1n) is 15.0.